The maximum Gasteiger partial charge on any atom is 0.511 e. The average molecular weight is 401 g/mol. The number of benzene rings is 1. The largest absolute Gasteiger partial charge is 0.511 e. The van der Waals surface area contributed by atoms with Crippen LogP contribution in [0, 0.1) is 0 Å². The molecule has 140 valence electrons. The van der Waals surface area contributed by atoms with Gasteiger partial charge in [0.15, 0.2) is 11.6 Å². The van der Waals surface area contributed by atoms with E-state index < -0.39 is 18.2 Å². The Bertz CT molecular complexity index is 994. The predicted octanol–water partition coefficient (Wildman–Crippen LogP) is 2.91. The number of halogens is 4. The molecule has 0 atom stereocenters. The Labute approximate surface area is 153 Å². The van der Waals surface area contributed by atoms with E-state index in [1.165, 1.54) is 0 Å². The lowest BCUT2D eigenvalue weighted by molar-refractivity contribution is -0.145. The van der Waals surface area contributed by atoms with Crippen molar-refractivity contribution < 1.29 is 27.8 Å². The fourth-order valence-electron chi connectivity index (χ4n) is 2.05. The van der Waals surface area contributed by atoms with Crippen molar-refractivity contribution in [1.82, 2.24) is 30.2 Å². The van der Waals surface area contributed by atoms with E-state index in [-0.39, 0.29) is 28.8 Å². The van der Waals surface area contributed by atoms with E-state index in [1.54, 1.807) is 24.3 Å². The van der Waals surface area contributed by atoms with Gasteiger partial charge in [0.2, 0.25) is 0 Å². The summed E-state index contributed by atoms with van der Waals surface area (Å²) in [5.74, 6) is -1.60. The molecule has 0 spiro atoms. The normalized spacial score (nSPS) is 11.4. The topological polar surface area (TPSA) is 116 Å². The SMILES string of the molecule is O=C(O)Oc1cnc(Cn2nnc(C(F)(F)F)n2)nc1-c1ccccc1Cl. The average Bonchev–Trinajstić information content (AvgIpc) is 3.05. The molecular weight excluding hydrogens is 393 g/mol. The minimum atomic E-state index is -4.74. The number of tetrazole rings is 1. The molecule has 0 amide bonds. The first kappa shape index (κ1) is 18.5. The molecule has 0 bridgehead atoms. The molecule has 0 unspecified atom stereocenters. The van der Waals surface area contributed by atoms with Crippen LogP contribution in [0.5, 0.6) is 5.75 Å². The molecule has 2 heterocycles. The Hall–Kier alpha value is -3.28. The van der Waals surface area contributed by atoms with Gasteiger partial charge in [0.25, 0.3) is 5.82 Å². The van der Waals surface area contributed by atoms with E-state index in [0.29, 0.717) is 10.4 Å². The molecule has 1 N–H and O–H groups in total. The molecule has 0 fully saturated rings. The first-order valence-electron chi connectivity index (χ1n) is 7.10. The van der Waals surface area contributed by atoms with Gasteiger partial charge in [-0.1, -0.05) is 29.8 Å². The summed E-state index contributed by atoms with van der Waals surface area (Å²) in [4.78, 5) is 19.5. The van der Waals surface area contributed by atoms with Crippen molar-refractivity contribution in [1.29, 1.82) is 0 Å². The van der Waals surface area contributed by atoms with Crippen LogP contribution in [0.4, 0.5) is 18.0 Å². The van der Waals surface area contributed by atoms with Crippen molar-refractivity contribution in [3.8, 4) is 17.0 Å². The standard InChI is InChI=1S/C14H8ClF3N6O3/c15-8-4-2-1-3-7(8)11-9(27-13(25)26)5-19-10(20-11)6-24-22-12(21-23-24)14(16,17)18/h1-5H,6H2,(H,25,26). The third-order valence-corrected chi connectivity index (χ3v) is 3.45. The molecule has 0 saturated carbocycles. The minimum absolute atomic E-state index is 0.00576. The molecule has 0 aliphatic rings. The highest BCUT2D eigenvalue weighted by Crippen LogP contribution is 2.33. The second-order valence-corrected chi connectivity index (χ2v) is 5.40. The molecule has 3 rings (SSSR count). The Morgan fingerprint density at radius 1 is 1.30 bits per heavy atom. The molecule has 0 radical (unpaired) electrons. The maximum absolute atomic E-state index is 12.5. The van der Waals surface area contributed by atoms with E-state index in [1.807, 2.05) is 0 Å². The Kier molecular flexibility index (Phi) is 4.90. The number of carbonyl (C=O) groups is 1. The molecule has 9 nitrogen and oxygen atoms in total. The Morgan fingerprint density at radius 3 is 2.67 bits per heavy atom. The molecule has 0 saturated heterocycles. The lowest BCUT2D eigenvalue weighted by Crippen LogP contribution is -2.12. The number of hydrogen-bond donors (Lipinski definition) is 1. The molecular formula is C14H8ClF3N6O3. The number of ether oxygens (including phenoxy) is 1. The molecule has 3 aromatic rings. The van der Waals surface area contributed by atoms with Crippen LogP contribution in [0.15, 0.2) is 30.5 Å². The summed E-state index contributed by atoms with van der Waals surface area (Å²) >= 11 is 6.11. The minimum Gasteiger partial charge on any atom is -0.449 e. The van der Waals surface area contributed by atoms with Gasteiger partial charge in [-0.2, -0.15) is 18.0 Å². The number of nitrogens with zero attached hydrogens (tertiary/aromatic N) is 6. The number of aromatic nitrogens is 6. The van der Waals surface area contributed by atoms with Crippen LogP contribution in [-0.4, -0.2) is 41.4 Å². The van der Waals surface area contributed by atoms with Gasteiger partial charge in [-0.25, -0.2) is 14.8 Å². The number of carboxylic acid groups (broad SMARTS) is 1. The van der Waals surface area contributed by atoms with Crippen LogP contribution < -0.4 is 4.74 Å². The van der Waals surface area contributed by atoms with Crippen LogP contribution in [0.25, 0.3) is 11.3 Å². The van der Waals surface area contributed by atoms with Gasteiger partial charge in [0.05, 0.1) is 11.2 Å². The molecule has 13 heteroatoms. The third kappa shape index (κ3) is 4.28. The van der Waals surface area contributed by atoms with E-state index in [4.69, 9.17) is 16.7 Å². The summed E-state index contributed by atoms with van der Waals surface area (Å²) < 4.78 is 42.3. The number of alkyl halides is 3. The first-order chi connectivity index (χ1) is 12.7. The highest BCUT2D eigenvalue weighted by Gasteiger charge is 2.36. The molecule has 27 heavy (non-hydrogen) atoms. The van der Waals surface area contributed by atoms with E-state index >= 15 is 0 Å². The fraction of sp³-hybridized carbons (Fsp3) is 0.143. The van der Waals surface area contributed by atoms with Crippen molar-refractivity contribution in [2.45, 2.75) is 12.7 Å². The highest BCUT2D eigenvalue weighted by molar-refractivity contribution is 6.33. The lowest BCUT2D eigenvalue weighted by atomic mass is 10.1. The highest BCUT2D eigenvalue weighted by atomic mass is 35.5. The van der Waals surface area contributed by atoms with Crippen molar-refractivity contribution in [2.24, 2.45) is 0 Å². The van der Waals surface area contributed by atoms with Gasteiger partial charge in [-0.3, -0.25) is 0 Å². The summed E-state index contributed by atoms with van der Waals surface area (Å²) in [6.45, 7) is -0.339. The van der Waals surface area contributed by atoms with E-state index in [0.717, 1.165) is 6.20 Å². The maximum atomic E-state index is 12.5. The number of hydrogen-bond acceptors (Lipinski definition) is 7. The summed E-state index contributed by atoms with van der Waals surface area (Å²) in [6.07, 6.45) is -5.26. The van der Waals surface area contributed by atoms with Gasteiger partial charge < -0.3 is 9.84 Å². The predicted molar refractivity (Wildman–Crippen MR) is 83.1 cm³/mol. The van der Waals surface area contributed by atoms with Gasteiger partial charge in [-0.05, 0) is 11.3 Å². The summed E-state index contributed by atoms with van der Waals surface area (Å²) in [5, 5.41) is 18.5. The van der Waals surface area contributed by atoms with Gasteiger partial charge >= 0.3 is 12.3 Å². The molecule has 0 aliphatic heterocycles. The summed E-state index contributed by atoms with van der Waals surface area (Å²) in [6, 6.07) is 6.42. The monoisotopic (exact) mass is 400 g/mol. The lowest BCUT2D eigenvalue weighted by Gasteiger charge is -2.10. The Balaban J connectivity index is 1.98. The molecule has 0 aliphatic carbocycles. The second-order valence-electron chi connectivity index (χ2n) is 4.99. The van der Waals surface area contributed by atoms with Crippen LogP contribution >= 0.6 is 11.6 Å². The summed E-state index contributed by atoms with van der Waals surface area (Å²) in [5.41, 5.74) is 0.394. The van der Waals surface area contributed by atoms with Gasteiger partial charge in [0, 0.05) is 5.56 Å². The fourth-order valence-corrected chi connectivity index (χ4v) is 2.27. The van der Waals surface area contributed by atoms with E-state index in [2.05, 4.69) is 30.1 Å². The number of rotatable bonds is 4. The quantitative estimate of drug-likeness (QED) is 0.664. The van der Waals surface area contributed by atoms with Crippen molar-refractivity contribution in [2.75, 3.05) is 0 Å². The van der Waals surface area contributed by atoms with Gasteiger partial charge in [-0.15, -0.1) is 10.2 Å². The van der Waals surface area contributed by atoms with Crippen LogP contribution in [-0.2, 0) is 12.7 Å². The van der Waals surface area contributed by atoms with Crippen molar-refractivity contribution in [3.63, 3.8) is 0 Å². The van der Waals surface area contributed by atoms with Crippen molar-refractivity contribution in [3.05, 3.63) is 47.1 Å². The zero-order valence-corrected chi connectivity index (χ0v) is 13.8. The third-order valence-electron chi connectivity index (χ3n) is 3.12. The van der Waals surface area contributed by atoms with Crippen LogP contribution in [0.3, 0.4) is 0 Å². The zero-order chi connectivity index (χ0) is 19.6. The summed E-state index contributed by atoms with van der Waals surface area (Å²) in [7, 11) is 0. The van der Waals surface area contributed by atoms with E-state index in [9.17, 15) is 18.0 Å². The molecule has 2 aromatic heterocycles. The van der Waals surface area contributed by atoms with Crippen LogP contribution in [0.1, 0.15) is 11.6 Å². The smallest absolute Gasteiger partial charge is 0.449 e. The molecule has 1 aromatic carbocycles. The Morgan fingerprint density at radius 2 is 2.04 bits per heavy atom. The van der Waals surface area contributed by atoms with Gasteiger partial charge in [0.1, 0.15) is 12.2 Å². The second kappa shape index (κ2) is 7.15. The zero-order valence-electron chi connectivity index (χ0n) is 13.1. The first-order valence-corrected chi connectivity index (χ1v) is 7.48. The van der Waals surface area contributed by atoms with Crippen molar-refractivity contribution >= 4 is 17.8 Å². The van der Waals surface area contributed by atoms with Crippen LogP contribution in [0.2, 0.25) is 5.02 Å².